The Morgan fingerprint density at radius 1 is 0.947 bits per heavy atom. The van der Waals surface area contributed by atoms with Crippen LogP contribution in [0.25, 0.3) is 0 Å². The van der Waals surface area contributed by atoms with Crippen molar-refractivity contribution in [3.05, 3.63) is 43.1 Å². The van der Waals surface area contributed by atoms with E-state index in [-0.39, 0.29) is 11.8 Å². The zero-order chi connectivity index (χ0) is 14.7. The van der Waals surface area contributed by atoms with Gasteiger partial charge in [0.2, 0.25) is 11.8 Å². The molecule has 2 rings (SSSR count). The van der Waals surface area contributed by atoms with Gasteiger partial charge in [0, 0.05) is 13.8 Å². The van der Waals surface area contributed by atoms with E-state index in [9.17, 15) is 9.59 Å². The van der Waals surface area contributed by atoms with Crippen LogP contribution in [0.15, 0.2) is 43.1 Å². The van der Waals surface area contributed by atoms with E-state index in [0.29, 0.717) is 0 Å². The Morgan fingerprint density at radius 2 is 1.26 bits per heavy atom. The van der Waals surface area contributed by atoms with Gasteiger partial charge in [-0.2, -0.15) is 0 Å². The van der Waals surface area contributed by atoms with Crippen molar-refractivity contribution in [3.8, 4) is 0 Å². The van der Waals surface area contributed by atoms with Crippen LogP contribution in [-0.2, 0) is 32.5 Å². The van der Waals surface area contributed by atoms with Crippen LogP contribution in [-0.4, -0.2) is 11.8 Å². The summed E-state index contributed by atoms with van der Waals surface area (Å²) in [7, 11) is 0. The maximum atomic E-state index is 9.22. The predicted molar refractivity (Wildman–Crippen MR) is 73.4 cm³/mol. The molecule has 0 aromatic heterocycles. The molecule has 4 N–H and O–H groups in total. The van der Waals surface area contributed by atoms with Crippen LogP contribution in [0, 0.1) is 0 Å². The minimum absolute atomic E-state index is 0.333. The molecule has 0 unspecified atom stereocenters. The minimum atomic E-state index is -0.526. The van der Waals surface area contributed by atoms with E-state index in [1.165, 1.54) is 26.7 Å². The third kappa shape index (κ3) is 13.0. The second-order valence-electron chi connectivity index (χ2n) is 3.99. The van der Waals surface area contributed by atoms with Crippen molar-refractivity contribution in [2.75, 3.05) is 0 Å². The van der Waals surface area contributed by atoms with Crippen molar-refractivity contribution >= 4 is 11.8 Å². The Morgan fingerprint density at radius 3 is 1.47 bits per heavy atom. The van der Waals surface area contributed by atoms with Crippen LogP contribution in [0.4, 0.5) is 0 Å². The van der Waals surface area contributed by atoms with Crippen LogP contribution >= 0.6 is 0 Å². The van der Waals surface area contributed by atoms with Gasteiger partial charge in [-0.05, 0) is 0 Å². The van der Waals surface area contributed by atoms with Crippen LogP contribution in [0.3, 0.4) is 0 Å². The fraction of sp³-hybridized carbons (Fsp3) is 0.286. The smallest absolute Gasteiger partial charge is 0.214 e. The van der Waals surface area contributed by atoms with Crippen LogP contribution in [0.5, 0.6) is 0 Å². The normalized spacial score (nSPS) is 14.4. The third-order valence-corrected chi connectivity index (χ3v) is 6.84. The monoisotopic (exact) mass is 428 g/mol. The predicted octanol–water partition coefficient (Wildman–Crippen LogP) is 1.74. The summed E-state index contributed by atoms with van der Waals surface area (Å²) in [6.45, 7) is 2.61. The molecule has 0 spiro atoms. The second kappa shape index (κ2) is 10.7. The van der Waals surface area contributed by atoms with E-state index in [2.05, 4.69) is 47.9 Å². The number of primary amides is 2. The summed E-state index contributed by atoms with van der Waals surface area (Å²) < 4.78 is 3.50. The van der Waals surface area contributed by atoms with E-state index in [1.807, 2.05) is 0 Å². The van der Waals surface area contributed by atoms with Gasteiger partial charge in [-0.1, -0.05) is 0 Å². The fourth-order valence-electron chi connectivity index (χ4n) is 1.29. The Hall–Kier alpha value is -1.23. The first-order valence-electron chi connectivity index (χ1n) is 5.92. The Balaban J connectivity index is 0.000000342. The summed E-state index contributed by atoms with van der Waals surface area (Å²) in [4.78, 5) is 18.4. The molecule has 19 heavy (non-hydrogen) atoms. The van der Waals surface area contributed by atoms with E-state index in [4.69, 9.17) is 0 Å². The Labute approximate surface area is 125 Å². The maximum Gasteiger partial charge on any atom is 0.214 e. The Kier molecular flexibility index (Phi) is 9.98. The molecule has 102 valence electrons. The third-order valence-electron chi connectivity index (χ3n) is 1.86. The summed E-state index contributed by atoms with van der Waals surface area (Å²) in [6.07, 6.45) is 16.1. The molecule has 0 bridgehead atoms. The molecule has 0 aromatic carbocycles. The summed E-state index contributed by atoms with van der Waals surface area (Å²) in [6, 6.07) is 0. The van der Waals surface area contributed by atoms with E-state index >= 15 is 0 Å². The number of carbonyl (C=O) groups is 2. The molecule has 0 atom stereocenters. The van der Waals surface area contributed by atoms with Crippen LogP contribution < -0.4 is 11.5 Å². The number of allylic oxidation sites excluding steroid dienone is 8. The first kappa shape index (κ1) is 17.8. The van der Waals surface area contributed by atoms with Gasteiger partial charge in [-0.15, -0.1) is 0 Å². The topological polar surface area (TPSA) is 86.2 Å². The largest absolute Gasteiger partial charge is 0.370 e. The maximum absolute atomic E-state index is 9.22. The van der Waals surface area contributed by atoms with E-state index in [1.54, 1.807) is 6.66 Å². The number of amides is 2. The molecule has 0 aliphatic heterocycles. The van der Waals surface area contributed by atoms with Gasteiger partial charge >= 0.3 is 78.9 Å². The summed E-state index contributed by atoms with van der Waals surface area (Å²) in [5.74, 6) is -0.667. The quantitative estimate of drug-likeness (QED) is 0.659. The molecule has 0 fully saturated rings. The first-order valence-corrected chi connectivity index (χ1v) is 9.51. The van der Waals surface area contributed by atoms with E-state index < -0.39 is 22.9 Å². The number of hydrogen-bond donors (Lipinski definition) is 2. The van der Waals surface area contributed by atoms with Gasteiger partial charge in [-0.3, -0.25) is 9.59 Å². The first-order chi connectivity index (χ1) is 8.91. The number of nitrogens with two attached hydrogens (primary N) is 2. The van der Waals surface area contributed by atoms with Crippen molar-refractivity contribution in [1.82, 2.24) is 0 Å². The average molecular weight is 427 g/mol. The molecule has 4 nitrogen and oxygen atoms in total. The van der Waals surface area contributed by atoms with Crippen molar-refractivity contribution in [2.45, 2.75) is 26.7 Å². The standard InChI is InChI=1S/2C5H5.2C2H5NO.Hf/c2*1-2-4-5-3-1;2*1-2(3)4;/h2*1-3H,4H2;2*1H3,(H2,3,4);. The molecule has 5 heteroatoms. The average Bonchev–Trinajstić information content (AvgIpc) is 2.89. The summed E-state index contributed by atoms with van der Waals surface area (Å²) in [5, 5.41) is 0. The van der Waals surface area contributed by atoms with Crippen LogP contribution in [0.1, 0.15) is 26.7 Å². The molecule has 0 saturated heterocycles. The molecule has 2 amide bonds. The number of rotatable bonds is 2. The fourth-order valence-corrected chi connectivity index (χ4v) is 5.64. The summed E-state index contributed by atoms with van der Waals surface area (Å²) >= 11 is -0.526. The van der Waals surface area contributed by atoms with Crippen molar-refractivity contribution in [3.63, 3.8) is 0 Å². The van der Waals surface area contributed by atoms with Gasteiger partial charge in [0.25, 0.3) is 0 Å². The second-order valence-corrected chi connectivity index (χ2v) is 9.51. The number of hydrogen-bond acceptors (Lipinski definition) is 2. The van der Waals surface area contributed by atoms with Gasteiger partial charge in [0.05, 0.1) is 0 Å². The van der Waals surface area contributed by atoms with E-state index in [0.717, 1.165) is 0 Å². The number of carbonyl (C=O) groups excluding carboxylic acids is 2. The van der Waals surface area contributed by atoms with Gasteiger partial charge in [-0.25, -0.2) is 0 Å². The SMILES string of the molecule is C1=CC[C]([Hf][C]2=CC=CC2)=C1.CC(N)=O.CC(N)=O. The van der Waals surface area contributed by atoms with Crippen LogP contribution in [0.2, 0.25) is 0 Å². The molecule has 2 aliphatic carbocycles. The molecule has 0 heterocycles. The van der Waals surface area contributed by atoms with Crippen molar-refractivity contribution in [1.29, 1.82) is 0 Å². The van der Waals surface area contributed by atoms with Crippen molar-refractivity contribution < 1.29 is 32.5 Å². The molecule has 2 aliphatic rings. The molecule has 0 aromatic rings. The zero-order valence-corrected chi connectivity index (χ0v) is 14.9. The van der Waals surface area contributed by atoms with Gasteiger partial charge in [0.1, 0.15) is 0 Å². The van der Waals surface area contributed by atoms with Gasteiger partial charge < -0.3 is 11.5 Å². The Bertz CT molecular complexity index is 387. The minimum Gasteiger partial charge on any atom is -0.370 e. The summed E-state index contributed by atoms with van der Waals surface area (Å²) in [5.41, 5.74) is 8.94. The molecular formula is C14H20HfN2O2. The van der Waals surface area contributed by atoms with Crippen molar-refractivity contribution in [2.24, 2.45) is 11.5 Å². The van der Waals surface area contributed by atoms with Gasteiger partial charge in [0.15, 0.2) is 0 Å². The zero-order valence-electron chi connectivity index (χ0n) is 11.3. The molecular weight excluding hydrogens is 407 g/mol. The molecule has 0 radical (unpaired) electrons. The molecule has 0 saturated carbocycles.